The molecule has 20 heavy (non-hydrogen) atoms. The minimum absolute atomic E-state index is 0.626. The summed E-state index contributed by atoms with van der Waals surface area (Å²) < 4.78 is 11.2. The molecule has 1 heterocycles. The monoisotopic (exact) mass is 309 g/mol. The highest BCUT2D eigenvalue weighted by Gasteiger charge is 2.15. The maximum Gasteiger partial charge on any atom is 0.162 e. The number of benzene rings is 1. The fraction of sp³-hybridized carbons (Fsp3) is 0.467. The van der Waals surface area contributed by atoms with Gasteiger partial charge < -0.3 is 14.8 Å². The Morgan fingerprint density at radius 2 is 2.05 bits per heavy atom. The summed E-state index contributed by atoms with van der Waals surface area (Å²) in [7, 11) is 0. The standard InChI is InChI=1S/C15H19NO2S2/c1-3-7-20-8-4-16-11-12-9-13-14(10-15(12)19-2)18-6-5-17-13/h1,9-10,16H,4-8,11H2,2H3. The van der Waals surface area contributed by atoms with Crippen LogP contribution < -0.4 is 14.8 Å². The molecule has 0 aliphatic carbocycles. The van der Waals surface area contributed by atoms with Gasteiger partial charge >= 0.3 is 0 Å². The highest BCUT2D eigenvalue weighted by molar-refractivity contribution is 7.99. The Bertz CT molecular complexity index is 485. The van der Waals surface area contributed by atoms with Gasteiger partial charge in [-0.15, -0.1) is 29.9 Å². The van der Waals surface area contributed by atoms with Gasteiger partial charge in [-0.1, -0.05) is 5.92 Å². The summed E-state index contributed by atoms with van der Waals surface area (Å²) in [6.45, 7) is 3.05. The third-order valence-electron chi connectivity index (χ3n) is 2.87. The quantitative estimate of drug-likeness (QED) is 0.475. The largest absolute Gasteiger partial charge is 0.486 e. The molecule has 0 saturated carbocycles. The molecule has 0 atom stereocenters. The summed E-state index contributed by atoms with van der Waals surface area (Å²) in [5.41, 5.74) is 1.25. The second-order valence-electron chi connectivity index (χ2n) is 4.24. The lowest BCUT2D eigenvalue weighted by atomic mass is 10.2. The average Bonchev–Trinajstić information content (AvgIpc) is 2.50. The molecule has 1 N–H and O–H groups in total. The molecule has 1 aromatic carbocycles. The molecule has 0 bridgehead atoms. The van der Waals surface area contributed by atoms with E-state index in [-0.39, 0.29) is 0 Å². The minimum atomic E-state index is 0.626. The molecule has 0 amide bonds. The number of rotatable bonds is 7. The van der Waals surface area contributed by atoms with Crippen LogP contribution >= 0.6 is 23.5 Å². The van der Waals surface area contributed by atoms with Gasteiger partial charge in [-0.2, -0.15) is 0 Å². The summed E-state index contributed by atoms with van der Waals surface area (Å²) in [5.74, 6) is 6.15. The van der Waals surface area contributed by atoms with Gasteiger partial charge in [0.15, 0.2) is 11.5 Å². The van der Waals surface area contributed by atoms with E-state index < -0.39 is 0 Å². The molecule has 1 aliphatic heterocycles. The number of hydrogen-bond donors (Lipinski definition) is 1. The number of fused-ring (bicyclic) bond motifs is 1. The summed E-state index contributed by atoms with van der Waals surface area (Å²) >= 11 is 3.51. The summed E-state index contributed by atoms with van der Waals surface area (Å²) in [4.78, 5) is 1.23. The summed E-state index contributed by atoms with van der Waals surface area (Å²) in [5, 5.41) is 3.44. The lowest BCUT2D eigenvalue weighted by Crippen LogP contribution is -2.19. The molecule has 1 aliphatic rings. The zero-order valence-electron chi connectivity index (χ0n) is 11.6. The van der Waals surface area contributed by atoms with E-state index in [1.807, 2.05) is 0 Å². The van der Waals surface area contributed by atoms with Gasteiger partial charge in [0.05, 0.1) is 5.75 Å². The fourth-order valence-electron chi connectivity index (χ4n) is 1.94. The third-order valence-corrected chi connectivity index (χ3v) is 4.55. The SMILES string of the molecule is C#CCSCCNCc1cc2c(cc1SC)OCCO2. The molecular formula is C15H19NO2S2. The number of nitrogens with one attached hydrogen (secondary N) is 1. The first-order chi connectivity index (χ1) is 9.85. The second-order valence-corrected chi connectivity index (χ2v) is 6.19. The maximum atomic E-state index is 5.63. The Morgan fingerprint density at radius 1 is 1.30 bits per heavy atom. The van der Waals surface area contributed by atoms with E-state index in [1.54, 1.807) is 23.5 Å². The topological polar surface area (TPSA) is 30.5 Å². The van der Waals surface area contributed by atoms with Gasteiger partial charge in [0.25, 0.3) is 0 Å². The van der Waals surface area contributed by atoms with Crippen LogP contribution in [0.4, 0.5) is 0 Å². The molecule has 0 spiro atoms. The number of hydrogen-bond acceptors (Lipinski definition) is 5. The van der Waals surface area contributed by atoms with Crippen molar-refractivity contribution in [2.45, 2.75) is 11.4 Å². The summed E-state index contributed by atoms with van der Waals surface area (Å²) in [6.07, 6.45) is 7.30. The van der Waals surface area contributed by atoms with Crippen molar-refractivity contribution in [3.05, 3.63) is 17.7 Å². The van der Waals surface area contributed by atoms with Gasteiger partial charge in [-0.05, 0) is 24.0 Å². The van der Waals surface area contributed by atoms with Crippen molar-refractivity contribution in [1.82, 2.24) is 5.32 Å². The third kappa shape index (κ3) is 4.27. The minimum Gasteiger partial charge on any atom is -0.486 e. The van der Waals surface area contributed by atoms with E-state index in [0.717, 1.165) is 36.1 Å². The fourth-order valence-corrected chi connectivity index (χ4v) is 3.11. The number of terminal acetylenes is 1. The highest BCUT2D eigenvalue weighted by atomic mass is 32.2. The van der Waals surface area contributed by atoms with Crippen LogP contribution in [0.2, 0.25) is 0 Å². The van der Waals surface area contributed by atoms with Crippen molar-refractivity contribution in [1.29, 1.82) is 0 Å². The molecule has 3 nitrogen and oxygen atoms in total. The lowest BCUT2D eigenvalue weighted by molar-refractivity contribution is 0.171. The highest BCUT2D eigenvalue weighted by Crippen LogP contribution is 2.36. The van der Waals surface area contributed by atoms with Gasteiger partial charge in [-0.3, -0.25) is 0 Å². The molecule has 108 valence electrons. The normalized spacial score (nSPS) is 13.0. The first-order valence-electron chi connectivity index (χ1n) is 6.53. The van der Waals surface area contributed by atoms with Crippen LogP contribution in [-0.4, -0.2) is 37.5 Å². The van der Waals surface area contributed by atoms with E-state index >= 15 is 0 Å². The van der Waals surface area contributed by atoms with Crippen LogP contribution in [0.15, 0.2) is 17.0 Å². The van der Waals surface area contributed by atoms with Crippen molar-refractivity contribution >= 4 is 23.5 Å². The summed E-state index contributed by atoms with van der Waals surface area (Å²) in [6, 6.07) is 4.16. The molecule has 1 aromatic rings. The average molecular weight is 309 g/mol. The van der Waals surface area contributed by atoms with Crippen molar-refractivity contribution < 1.29 is 9.47 Å². The Kier molecular flexibility index (Phi) is 6.44. The van der Waals surface area contributed by atoms with Crippen LogP contribution in [0, 0.1) is 12.3 Å². The van der Waals surface area contributed by atoms with E-state index in [2.05, 4.69) is 29.6 Å². The smallest absolute Gasteiger partial charge is 0.162 e. The van der Waals surface area contributed by atoms with Crippen molar-refractivity contribution in [3.63, 3.8) is 0 Å². The van der Waals surface area contributed by atoms with E-state index in [0.29, 0.717) is 13.2 Å². The van der Waals surface area contributed by atoms with Crippen molar-refractivity contribution in [2.24, 2.45) is 0 Å². The maximum absolute atomic E-state index is 5.63. The second kappa shape index (κ2) is 8.35. The molecular weight excluding hydrogens is 290 g/mol. The van der Waals surface area contributed by atoms with Gasteiger partial charge in [0, 0.05) is 23.7 Å². The zero-order valence-corrected chi connectivity index (χ0v) is 13.2. The van der Waals surface area contributed by atoms with E-state index in [9.17, 15) is 0 Å². The Balaban J connectivity index is 1.91. The molecule has 2 rings (SSSR count). The molecule has 0 aromatic heterocycles. The molecule has 0 unspecified atom stereocenters. The zero-order chi connectivity index (χ0) is 14.2. The molecule has 0 radical (unpaired) electrons. The van der Waals surface area contributed by atoms with Crippen molar-refractivity contribution in [2.75, 3.05) is 37.5 Å². The van der Waals surface area contributed by atoms with Gasteiger partial charge in [-0.25, -0.2) is 0 Å². The Morgan fingerprint density at radius 3 is 2.75 bits per heavy atom. The number of thioether (sulfide) groups is 2. The molecule has 5 heteroatoms. The first kappa shape index (κ1) is 15.4. The van der Waals surface area contributed by atoms with E-state index in [1.165, 1.54) is 10.5 Å². The number of ether oxygens (including phenoxy) is 2. The van der Waals surface area contributed by atoms with Crippen LogP contribution in [0.5, 0.6) is 11.5 Å². The Hall–Kier alpha value is -0.960. The molecule has 0 fully saturated rings. The lowest BCUT2D eigenvalue weighted by Gasteiger charge is -2.21. The van der Waals surface area contributed by atoms with Crippen LogP contribution in [0.25, 0.3) is 0 Å². The first-order valence-corrected chi connectivity index (χ1v) is 8.91. The van der Waals surface area contributed by atoms with Crippen molar-refractivity contribution in [3.8, 4) is 23.8 Å². The van der Waals surface area contributed by atoms with Crippen LogP contribution in [0.3, 0.4) is 0 Å². The predicted molar refractivity (Wildman–Crippen MR) is 87.1 cm³/mol. The van der Waals surface area contributed by atoms with Crippen LogP contribution in [0.1, 0.15) is 5.56 Å². The van der Waals surface area contributed by atoms with Gasteiger partial charge in [0.2, 0.25) is 0 Å². The molecule has 0 saturated heterocycles. The Labute approximate surface area is 129 Å². The predicted octanol–water partition coefficient (Wildman–Crippen LogP) is 2.64. The van der Waals surface area contributed by atoms with Gasteiger partial charge in [0.1, 0.15) is 13.2 Å². The van der Waals surface area contributed by atoms with E-state index in [4.69, 9.17) is 15.9 Å². The van der Waals surface area contributed by atoms with Crippen LogP contribution in [-0.2, 0) is 6.54 Å².